The van der Waals surface area contributed by atoms with E-state index in [0.717, 1.165) is 22.6 Å². The first kappa shape index (κ1) is 20.9. The Bertz CT molecular complexity index is 1140. The second kappa shape index (κ2) is 9.61. The van der Waals surface area contributed by atoms with Gasteiger partial charge in [0.1, 0.15) is 5.76 Å². The van der Waals surface area contributed by atoms with E-state index in [1.165, 1.54) is 11.8 Å². The van der Waals surface area contributed by atoms with E-state index in [0.29, 0.717) is 23.4 Å². The van der Waals surface area contributed by atoms with Gasteiger partial charge in [0.2, 0.25) is 5.91 Å². The minimum atomic E-state index is -0.0869. The number of nitrogens with zero attached hydrogens (tertiary/aromatic N) is 4. The summed E-state index contributed by atoms with van der Waals surface area (Å²) in [5.41, 5.74) is 2.86. The van der Waals surface area contributed by atoms with Crippen LogP contribution in [0.3, 0.4) is 0 Å². The molecule has 1 N–H and O–H groups in total. The molecular weight excluding hydrogens is 410 g/mol. The average Bonchev–Trinajstić information content (AvgIpc) is 3.43. The normalized spacial score (nSPS) is 11.1. The number of furan rings is 1. The summed E-state index contributed by atoms with van der Waals surface area (Å²) >= 11 is 1.35. The largest absolute Gasteiger partial charge is 0.467 e. The minimum Gasteiger partial charge on any atom is -0.467 e. The number of para-hydroxylation sites is 1. The highest BCUT2D eigenvalue weighted by atomic mass is 32.2. The van der Waals surface area contributed by atoms with E-state index in [9.17, 15) is 4.79 Å². The van der Waals surface area contributed by atoms with E-state index in [2.05, 4.69) is 34.3 Å². The van der Waals surface area contributed by atoms with Gasteiger partial charge in [0.25, 0.3) is 0 Å². The second-order valence-corrected chi connectivity index (χ2v) is 8.23. The third-order valence-electron chi connectivity index (χ3n) is 4.74. The van der Waals surface area contributed by atoms with Gasteiger partial charge in [-0.25, -0.2) is 0 Å². The molecule has 0 unspecified atom stereocenters. The Morgan fingerprint density at radius 3 is 2.65 bits per heavy atom. The van der Waals surface area contributed by atoms with Crippen molar-refractivity contribution in [1.82, 2.24) is 19.7 Å². The summed E-state index contributed by atoms with van der Waals surface area (Å²) in [4.78, 5) is 16.7. The molecule has 0 fully saturated rings. The summed E-state index contributed by atoms with van der Waals surface area (Å²) in [5, 5.41) is 12.4. The molecule has 0 saturated carbocycles. The van der Waals surface area contributed by atoms with Crippen LogP contribution >= 0.6 is 11.8 Å². The Morgan fingerprint density at radius 1 is 1.10 bits per heavy atom. The fraction of sp³-hybridized carbons (Fsp3) is 0.217. The number of aromatic nitrogens is 4. The highest BCUT2D eigenvalue weighted by Crippen LogP contribution is 2.27. The topological polar surface area (TPSA) is 85.8 Å². The van der Waals surface area contributed by atoms with E-state index >= 15 is 0 Å². The van der Waals surface area contributed by atoms with Crippen molar-refractivity contribution in [1.29, 1.82) is 0 Å². The van der Waals surface area contributed by atoms with Gasteiger partial charge in [0.15, 0.2) is 11.0 Å². The second-order valence-electron chi connectivity index (χ2n) is 7.29. The van der Waals surface area contributed by atoms with Gasteiger partial charge in [0, 0.05) is 23.6 Å². The number of rotatable bonds is 8. The number of hydrogen-bond acceptors (Lipinski definition) is 6. The number of benzene rings is 1. The lowest BCUT2D eigenvalue weighted by Gasteiger charge is -2.13. The van der Waals surface area contributed by atoms with E-state index in [1.54, 1.807) is 18.7 Å². The lowest BCUT2D eigenvalue weighted by molar-refractivity contribution is -0.113. The maximum Gasteiger partial charge on any atom is 0.234 e. The van der Waals surface area contributed by atoms with Crippen molar-refractivity contribution >= 4 is 23.4 Å². The predicted octanol–water partition coefficient (Wildman–Crippen LogP) is 4.84. The molecule has 0 saturated heterocycles. The molecule has 0 bridgehead atoms. The Kier molecular flexibility index (Phi) is 6.47. The number of carbonyl (C=O) groups excluding carboxylic acids is 1. The standard InChI is InChI=1S/C23H23N5O2S/c1-16(2)19-7-3-4-8-20(19)25-21(29)15-31-23-27-26-22(17-9-11-24-12-10-17)28(23)14-18-6-5-13-30-18/h3-13,16H,14-15H2,1-2H3,(H,25,29). The van der Waals surface area contributed by atoms with Gasteiger partial charge in [-0.2, -0.15) is 0 Å². The molecule has 4 rings (SSSR count). The van der Waals surface area contributed by atoms with Crippen molar-refractivity contribution in [2.24, 2.45) is 0 Å². The van der Waals surface area contributed by atoms with Crippen LogP contribution in [0.1, 0.15) is 31.1 Å². The summed E-state index contributed by atoms with van der Waals surface area (Å²) in [6, 6.07) is 15.4. The number of nitrogens with one attached hydrogen (secondary N) is 1. The van der Waals surface area contributed by atoms with Gasteiger partial charge >= 0.3 is 0 Å². The van der Waals surface area contributed by atoms with E-state index in [4.69, 9.17) is 4.42 Å². The van der Waals surface area contributed by atoms with Crippen molar-refractivity contribution < 1.29 is 9.21 Å². The van der Waals surface area contributed by atoms with Gasteiger partial charge in [-0.1, -0.05) is 43.8 Å². The Hall–Kier alpha value is -3.39. The molecular formula is C23H23N5O2S. The van der Waals surface area contributed by atoms with Crippen molar-refractivity contribution in [2.75, 3.05) is 11.1 Å². The summed E-state index contributed by atoms with van der Waals surface area (Å²) in [5.74, 6) is 1.94. The molecule has 0 aliphatic rings. The Morgan fingerprint density at radius 2 is 1.90 bits per heavy atom. The number of carbonyl (C=O) groups is 1. The molecule has 31 heavy (non-hydrogen) atoms. The zero-order chi connectivity index (χ0) is 21.6. The van der Waals surface area contributed by atoms with Crippen LogP contribution in [0, 0.1) is 0 Å². The number of anilines is 1. The quantitative estimate of drug-likeness (QED) is 0.400. The molecule has 1 amide bonds. The van der Waals surface area contributed by atoms with Gasteiger partial charge < -0.3 is 9.73 Å². The molecule has 0 aliphatic carbocycles. The SMILES string of the molecule is CC(C)c1ccccc1NC(=O)CSc1nnc(-c2ccncc2)n1Cc1ccco1. The van der Waals surface area contributed by atoms with Crippen molar-refractivity contribution in [3.8, 4) is 11.4 Å². The molecule has 0 aliphatic heterocycles. The first-order chi connectivity index (χ1) is 15.1. The lowest BCUT2D eigenvalue weighted by Crippen LogP contribution is -2.16. The minimum absolute atomic E-state index is 0.0869. The Labute approximate surface area is 184 Å². The molecule has 158 valence electrons. The number of thioether (sulfide) groups is 1. The van der Waals surface area contributed by atoms with Gasteiger partial charge in [-0.05, 0) is 41.8 Å². The highest BCUT2D eigenvalue weighted by Gasteiger charge is 2.17. The maximum atomic E-state index is 12.6. The summed E-state index contributed by atoms with van der Waals surface area (Å²) in [6.07, 6.45) is 5.07. The molecule has 7 nitrogen and oxygen atoms in total. The summed E-state index contributed by atoms with van der Waals surface area (Å²) in [6.45, 7) is 4.69. The fourth-order valence-electron chi connectivity index (χ4n) is 3.24. The van der Waals surface area contributed by atoms with Crippen LogP contribution < -0.4 is 5.32 Å². The molecule has 4 aromatic rings. The van der Waals surface area contributed by atoms with Gasteiger partial charge in [-0.3, -0.25) is 14.3 Å². The van der Waals surface area contributed by atoms with E-state index in [-0.39, 0.29) is 11.7 Å². The van der Waals surface area contributed by atoms with Gasteiger partial charge in [0.05, 0.1) is 18.6 Å². The van der Waals surface area contributed by atoms with Crippen molar-refractivity contribution in [3.05, 3.63) is 78.5 Å². The molecule has 3 aromatic heterocycles. The van der Waals surface area contributed by atoms with Crippen LogP contribution in [0.5, 0.6) is 0 Å². The van der Waals surface area contributed by atoms with Crippen LogP contribution in [0.2, 0.25) is 0 Å². The zero-order valence-corrected chi connectivity index (χ0v) is 18.2. The number of pyridine rings is 1. The first-order valence-electron chi connectivity index (χ1n) is 9.99. The first-order valence-corrected chi connectivity index (χ1v) is 11.0. The van der Waals surface area contributed by atoms with Crippen LogP contribution in [0.25, 0.3) is 11.4 Å². The smallest absolute Gasteiger partial charge is 0.234 e. The molecule has 0 spiro atoms. The monoisotopic (exact) mass is 433 g/mol. The molecule has 3 heterocycles. The maximum absolute atomic E-state index is 12.6. The molecule has 8 heteroatoms. The van der Waals surface area contributed by atoms with Gasteiger partial charge in [-0.15, -0.1) is 10.2 Å². The van der Waals surface area contributed by atoms with E-state index in [1.807, 2.05) is 53.1 Å². The third kappa shape index (κ3) is 5.03. The molecule has 0 atom stereocenters. The van der Waals surface area contributed by atoms with Crippen LogP contribution in [-0.4, -0.2) is 31.4 Å². The van der Waals surface area contributed by atoms with Crippen molar-refractivity contribution in [2.45, 2.75) is 31.5 Å². The fourth-order valence-corrected chi connectivity index (χ4v) is 3.98. The van der Waals surface area contributed by atoms with Crippen LogP contribution in [-0.2, 0) is 11.3 Å². The number of hydrogen-bond donors (Lipinski definition) is 1. The van der Waals surface area contributed by atoms with E-state index < -0.39 is 0 Å². The highest BCUT2D eigenvalue weighted by molar-refractivity contribution is 7.99. The Balaban J connectivity index is 1.52. The van der Waals surface area contributed by atoms with Crippen LogP contribution in [0.15, 0.2) is 76.8 Å². The molecule has 1 aromatic carbocycles. The zero-order valence-electron chi connectivity index (χ0n) is 17.4. The van der Waals surface area contributed by atoms with Crippen molar-refractivity contribution in [3.63, 3.8) is 0 Å². The average molecular weight is 434 g/mol. The predicted molar refractivity (Wildman–Crippen MR) is 121 cm³/mol. The lowest BCUT2D eigenvalue weighted by atomic mass is 10.0. The molecule has 0 radical (unpaired) electrons. The third-order valence-corrected chi connectivity index (χ3v) is 5.71. The van der Waals surface area contributed by atoms with Crippen LogP contribution in [0.4, 0.5) is 5.69 Å². The summed E-state index contributed by atoms with van der Waals surface area (Å²) < 4.78 is 7.47. The number of amides is 1. The summed E-state index contributed by atoms with van der Waals surface area (Å²) in [7, 11) is 0.